The second-order valence-corrected chi connectivity index (χ2v) is 5.45. The topological polar surface area (TPSA) is 37.3 Å². The summed E-state index contributed by atoms with van der Waals surface area (Å²) in [5, 5.41) is 8.18. The molecule has 0 saturated heterocycles. The summed E-state index contributed by atoms with van der Waals surface area (Å²) < 4.78 is 0. The van der Waals surface area contributed by atoms with E-state index >= 15 is 0 Å². The van der Waals surface area contributed by atoms with E-state index in [1.165, 1.54) is 51.4 Å². The summed E-state index contributed by atoms with van der Waals surface area (Å²) in [5.41, 5.74) is 0. The molecule has 0 saturated carbocycles. The predicted molar refractivity (Wildman–Crippen MR) is 76.9 cm³/mol. The molecule has 0 aromatic carbocycles. The molecular weight excluding hydrogens is 232 g/mol. The molecule has 0 aromatic heterocycles. The van der Waals surface area contributed by atoms with Crippen LogP contribution in [0.2, 0.25) is 0 Å². The van der Waals surface area contributed by atoms with Crippen LogP contribution in [0.3, 0.4) is 0 Å². The third-order valence-corrected chi connectivity index (χ3v) is 3.60. The Balaban J connectivity index is 3.06. The van der Waals surface area contributed by atoms with E-state index in [2.05, 4.69) is 19.6 Å². The average Bonchev–Trinajstić information content (AvgIpc) is 2.31. The van der Waals surface area contributed by atoms with Crippen molar-refractivity contribution in [3.63, 3.8) is 0 Å². The van der Waals surface area contributed by atoms with E-state index < -0.39 is 11.2 Å². The molecule has 0 spiro atoms. The van der Waals surface area contributed by atoms with Gasteiger partial charge in [-0.15, -0.1) is 0 Å². The van der Waals surface area contributed by atoms with E-state index in [1.54, 1.807) is 0 Å². The van der Waals surface area contributed by atoms with Crippen LogP contribution in [0, 0.1) is 0 Å². The van der Waals surface area contributed by atoms with Crippen molar-refractivity contribution in [2.45, 2.75) is 82.8 Å². The highest BCUT2D eigenvalue weighted by Crippen LogP contribution is 2.13. The normalized spacial score (nSPS) is 12.6. The summed E-state index contributed by atoms with van der Waals surface area (Å²) in [7, 11) is 0. The van der Waals surface area contributed by atoms with Gasteiger partial charge in [-0.2, -0.15) is 12.6 Å². The molecule has 0 amide bonds. The van der Waals surface area contributed by atoms with Gasteiger partial charge in [-0.05, 0) is 6.42 Å². The molecule has 0 aliphatic carbocycles. The first-order chi connectivity index (χ1) is 8.18. The van der Waals surface area contributed by atoms with E-state index in [9.17, 15) is 4.79 Å². The van der Waals surface area contributed by atoms with Gasteiger partial charge >= 0.3 is 5.97 Å². The van der Waals surface area contributed by atoms with Gasteiger partial charge in [0, 0.05) is 0 Å². The summed E-state index contributed by atoms with van der Waals surface area (Å²) in [6.07, 6.45) is 13.6. The van der Waals surface area contributed by atoms with Gasteiger partial charge in [-0.25, -0.2) is 0 Å². The molecule has 0 aliphatic rings. The van der Waals surface area contributed by atoms with Crippen molar-refractivity contribution in [2.24, 2.45) is 0 Å². The van der Waals surface area contributed by atoms with Crippen molar-refractivity contribution >= 4 is 18.6 Å². The molecule has 0 aromatic rings. The highest BCUT2D eigenvalue weighted by molar-refractivity contribution is 7.81. The first-order valence-electron chi connectivity index (χ1n) is 7.09. The molecule has 3 heteroatoms. The Bertz CT molecular complexity index is 183. The van der Waals surface area contributed by atoms with E-state index in [0.29, 0.717) is 6.42 Å². The van der Waals surface area contributed by atoms with E-state index in [1.807, 2.05) is 0 Å². The molecule has 0 rings (SSSR count). The van der Waals surface area contributed by atoms with Gasteiger partial charge in [0.25, 0.3) is 0 Å². The first-order valence-corrected chi connectivity index (χ1v) is 7.61. The zero-order chi connectivity index (χ0) is 12.9. The Hall–Kier alpha value is -0.180. The number of unbranched alkanes of at least 4 members (excludes halogenated alkanes) is 9. The van der Waals surface area contributed by atoms with Gasteiger partial charge in [0.05, 0.1) is 5.25 Å². The second-order valence-electron chi connectivity index (χ2n) is 4.82. The van der Waals surface area contributed by atoms with Crippen molar-refractivity contribution in [2.75, 3.05) is 0 Å². The number of aliphatic carboxylic acids is 1. The molecular formula is C14H28O2S. The van der Waals surface area contributed by atoms with Crippen LogP contribution < -0.4 is 0 Å². The number of thiol groups is 1. The maximum atomic E-state index is 10.5. The molecule has 0 aliphatic heterocycles. The number of rotatable bonds is 12. The number of carboxylic acids is 1. The van der Waals surface area contributed by atoms with Crippen LogP contribution in [0.25, 0.3) is 0 Å². The smallest absolute Gasteiger partial charge is 0.316 e. The lowest BCUT2D eigenvalue weighted by molar-refractivity contribution is -0.136. The number of carboxylic acid groups (broad SMARTS) is 1. The van der Waals surface area contributed by atoms with Crippen molar-refractivity contribution in [1.29, 1.82) is 0 Å². The van der Waals surface area contributed by atoms with Gasteiger partial charge in [-0.3, -0.25) is 4.79 Å². The van der Waals surface area contributed by atoms with Gasteiger partial charge in [0.1, 0.15) is 0 Å². The molecule has 0 heterocycles. The largest absolute Gasteiger partial charge is 0.480 e. The van der Waals surface area contributed by atoms with Gasteiger partial charge in [-0.1, -0.05) is 71.1 Å². The second kappa shape index (κ2) is 12.3. The Kier molecular flexibility index (Phi) is 12.2. The third-order valence-electron chi connectivity index (χ3n) is 3.12. The van der Waals surface area contributed by atoms with Crippen LogP contribution in [0.1, 0.15) is 77.6 Å². The van der Waals surface area contributed by atoms with Crippen LogP contribution in [-0.4, -0.2) is 16.3 Å². The van der Waals surface area contributed by atoms with Crippen LogP contribution in [0.4, 0.5) is 0 Å². The van der Waals surface area contributed by atoms with Gasteiger partial charge in [0.2, 0.25) is 0 Å². The molecule has 1 atom stereocenters. The number of carbonyl (C=O) groups is 1. The molecule has 102 valence electrons. The average molecular weight is 260 g/mol. The molecule has 0 radical (unpaired) electrons. The minimum atomic E-state index is -0.788. The highest BCUT2D eigenvalue weighted by Gasteiger charge is 2.10. The fourth-order valence-electron chi connectivity index (χ4n) is 1.95. The van der Waals surface area contributed by atoms with Crippen molar-refractivity contribution in [3.05, 3.63) is 0 Å². The lowest BCUT2D eigenvalue weighted by Crippen LogP contribution is -2.12. The molecule has 1 unspecified atom stereocenters. The fraction of sp³-hybridized carbons (Fsp3) is 0.929. The monoisotopic (exact) mass is 260 g/mol. The quantitative estimate of drug-likeness (QED) is 0.395. The maximum Gasteiger partial charge on any atom is 0.316 e. The highest BCUT2D eigenvalue weighted by atomic mass is 32.1. The predicted octanol–water partition coefficient (Wildman–Crippen LogP) is 4.68. The molecule has 2 nitrogen and oxygen atoms in total. The Labute approximate surface area is 112 Å². The first kappa shape index (κ1) is 16.8. The van der Waals surface area contributed by atoms with Crippen LogP contribution in [0.15, 0.2) is 0 Å². The third kappa shape index (κ3) is 12.1. The summed E-state index contributed by atoms with van der Waals surface area (Å²) >= 11 is 4.02. The van der Waals surface area contributed by atoms with Crippen molar-refractivity contribution in [3.8, 4) is 0 Å². The molecule has 0 bridgehead atoms. The zero-order valence-electron chi connectivity index (χ0n) is 11.2. The van der Waals surface area contributed by atoms with E-state index in [4.69, 9.17) is 5.11 Å². The van der Waals surface area contributed by atoms with E-state index in [-0.39, 0.29) is 0 Å². The minimum absolute atomic E-state index is 0.468. The van der Waals surface area contributed by atoms with Crippen LogP contribution in [0.5, 0.6) is 0 Å². The molecule has 17 heavy (non-hydrogen) atoms. The zero-order valence-corrected chi connectivity index (χ0v) is 12.1. The van der Waals surface area contributed by atoms with E-state index in [0.717, 1.165) is 12.8 Å². The Morgan fingerprint density at radius 3 is 1.76 bits per heavy atom. The minimum Gasteiger partial charge on any atom is -0.480 e. The maximum absolute atomic E-state index is 10.5. The fourth-order valence-corrected chi connectivity index (χ4v) is 2.13. The molecule has 1 N–H and O–H groups in total. The summed E-state index contributed by atoms with van der Waals surface area (Å²) in [4.78, 5) is 10.5. The number of hydrogen-bond donors (Lipinski definition) is 2. The SMILES string of the molecule is CCCCCCCCCCCCC(S)C(=O)O. The Morgan fingerprint density at radius 1 is 0.941 bits per heavy atom. The lowest BCUT2D eigenvalue weighted by Gasteiger charge is -2.05. The van der Waals surface area contributed by atoms with Gasteiger partial charge < -0.3 is 5.11 Å². The Morgan fingerprint density at radius 2 is 1.35 bits per heavy atom. The van der Waals surface area contributed by atoms with Crippen LogP contribution in [-0.2, 0) is 4.79 Å². The standard InChI is InChI=1S/C14H28O2S/c1-2-3-4-5-6-7-8-9-10-11-12-13(17)14(15)16/h13,17H,2-12H2,1H3,(H,15,16). The summed E-state index contributed by atoms with van der Waals surface area (Å²) in [6.45, 7) is 2.24. The van der Waals surface area contributed by atoms with Crippen molar-refractivity contribution in [1.82, 2.24) is 0 Å². The van der Waals surface area contributed by atoms with Crippen LogP contribution >= 0.6 is 12.6 Å². The summed E-state index contributed by atoms with van der Waals surface area (Å²) in [6, 6.07) is 0. The van der Waals surface area contributed by atoms with Crippen molar-refractivity contribution < 1.29 is 9.90 Å². The summed E-state index contributed by atoms with van der Waals surface area (Å²) in [5.74, 6) is -0.788. The molecule has 0 fully saturated rings. The lowest BCUT2D eigenvalue weighted by atomic mass is 10.1. The van der Waals surface area contributed by atoms with Gasteiger partial charge in [0.15, 0.2) is 0 Å². The number of hydrogen-bond acceptors (Lipinski definition) is 2.